The third kappa shape index (κ3) is 5.90. The summed E-state index contributed by atoms with van der Waals surface area (Å²) in [4.78, 5) is 41.4. The Kier molecular flexibility index (Phi) is 8.36. The highest BCUT2D eigenvalue weighted by Crippen LogP contribution is 2.48. The van der Waals surface area contributed by atoms with E-state index in [-0.39, 0.29) is 5.57 Å². The summed E-state index contributed by atoms with van der Waals surface area (Å²) in [6, 6.07) is 25.2. The van der Waals surface area contributed by atoms with Crippen LogP contribution in [0, 0.1) is 0 Å². The molecule has 3 aromatic rings. The second-order valence-corrected chi connectivity index (χ2v) is 10.8. The van der Waals surface area contributed by atoms with Crippen molar-refractivity contribution in [2.75, 3.05) is 27.2 Å². The minimum atomic E-state index is -2.48. The Labute approximate surface area is 248 Å². The molecule has 2 aliphatic rings. The number of carbonyl (C=O) groups excluding carboxylic acids is 3. The first kappa shape index (κ1) is 29.3. The lowest BCUT2D eigenvalue weighted by atomic mass is 9.84. The van der Waals surface area contributed by atoms with E-state index in [1.807, 2.05) is 61.5 Å². The van der Waals surface area contributed by atoms with Crippen molar-refractivity contribution in [3.63, 3.8) is 0 Å². The van der Waals surface area contributed by atoms with Gasteiger partial charge in [-0.25, -0.2) is 4.79 Å². The number of aliphatic hydroxyl groups is 1. The largest absolute Gasteiger partial charge is 0.492 e. The molecule has 42 heavy (non-hydrogen) atoms. The van der Waals surface area contributed by atoms with E-state index in [1.54, 1.807) is 42.5 Å². The van der Waals surface area contributed by atoms with Crippen LogP contribution in [0.15, 0.2) is 84.9 Å². The monoisotopic (exact) mass is 591 g/mol. The summed E-state index contributed by atoms with van der Waals surface area (Å²) in [6.07, 6.45) is -1.63. The maximum Gasteiger partial charge on any atom is 0.343 e. The Morgan fingerprint density at radius 3 is 2.05 bits per heavy atom. The number of benzene rings is 3. The molecule has 2 heterocycles. The summed E-state index contributed by atoms with van der Waals surface area (Å²) < 4.78 is 23.0. The number of halogens is 1. The molecule has 3 unspecified atom stereocenters. The van der Waals surface area contributed by atoms with Crippen LogP contribution < -0.4 is 4.74 Å². The Hall–Kier alpha value is -4.18. The van der Waals surface area contributed by atoms with E-state index >= 15 is 0 Å². The third-order valence-electron chi connectivity index (χ3n) is 6.97. The highest BCUT2D eigenvalue weighted by molar-refractivity contribution is 6.23. The number of ether oxygens (including phenoxy) is 4. The summed E-state index contributed by atoms with van der Waals surface area (Å²) in [5.74, 6) is -5.01. The molecule has 0 radical (unpaired) electrons. The fourth-order valence-electron chi connectivity index (χ4n) is 4.93. The van der Waals surface area contributed by atoms with Crippen molar-refractivity contribution in [1.82, 2.24) is 4.90 Å². The molecular formula is C32H30ClNO8. The lowest BCUT2D eigenvalue weighted by molar-refractivity contribution is -0.233. The molecule has 0 saturated carbocycles. The first-order chi connectivity index (χ1) is 20.1. The summed E-state index contributed by atoms with van der Waals surface area (Å²) in [7, 11) is 3.91. The Morgan fingerprint density at radius 1 is 0.857 bits per heavy atom. The van der Waals surface area contributed by atoms with Gasteiger partial charge in [0.1, 0.15) is 12.4 Å². The minimum Gasteiger partial charge on any atom is -0.492 e. The van der Waals surface area contributed by atoms with Gasteiger partial charge in [0.05, 0.1) is 18.4 Å². The number of esters is 3. The molecule has 218 valence electrons. The van der Waals surface area contributed by atoms with Crippen molar-refractivity contribution in [2.24, 2.45) is 0 Å². The van der Waals surface area contributed by atoms with E-state index in [0.29, 0.717) is 34.6 Å². The van der Waals surface area contributed by atoms with E-state index in [9.17, 15) is 19.5 Å². The molecule has 2 fully saturated rings. The van der Waals surface area contributed by atoms with Gasteiger partial charge in [0, 0.05) is 12.1 Å². The highest BCUT2D eigenvalue weighted by atomic mass is 35.5. The first-order valence-corrected chi connectivity index (χ1v) is 13.8. The molecule has 0 aromatic heterocycles. The van der Waals surface area contributed by atoms with Crippen molar-refractivity contribution in [3.05, 3.63) is 102 Å². The molecule has 0 spiro atoms. The predicted molar refractivity (Wildman–Crippen MR) is 154 cm³/mol. The standard InChI is InChI=1S/C32H30ClNO8/c1-34(2)17-18-39-24-15-13-22(14-16-24)27(21-9-5-3-6-10-21)28(23-11-7-4-8-12-23)32-29(33)40-25(35)19-31(38,30(37)42-32)20-26(36)41-32/h3-16,29,38H,17-20H2,1-2H3/b28-27+. The van der Waals surface area contributed by atoms with Gasteiger partial charge in [-0.05, 0) is 42.9 Å². The van der Waals surface area contributed by atoms with Crippen LogP contribution in [0.4, 0.5) is 0 Å². The first-order valence-electron chi connectivity index (χ1n) is 13.4. The summed E-state index contributed by atoms with van der Waals surface area (Å²) >= 11 is 6.72. The van der Waals surface area contributed by atoms with Crippen molar-refractivity contribution in [1.29, 1.82) is 0 Å². The molecule has 2 saturated heterocycles. The van der Waals surface area contributed by atoms with Gasteiger partial charge in [0.2, 0.25) is 0 Å². The van der Waals surface area contributed by atoms with Crippen LogP contribution in [0.5, 0.6) is 5.75 Å². The zero-order valence-electron chi connectivity index (χ0n) is 23.1. The number of likely N-dealkylation sites (N-methyl/N-ethyl adjacent to an activating group) is 1. The predicted octanol–water partition coefficient (Wildman–Crippen LogP) is 4.02. The summed E-state index contributed by atoms with van der Waals surface area (Å²) in [6.45, 7) is 1.22. The molecule has 1 N–H and O–H groups in total. The fraction of sp³-hybridized carbons (Fsp3) is 0.281. The zero-order valence-corrected chi connectivity index (χ0v) is 23.9. The van der Waals surface area contributed by atoms with Crippen LogP contribution >= 0.6 is 11.6 Å². The van der Waals surface area contributed by atoms with Crippen LogP contribution in [0.25, 0.3) is 11.1 Å². The van der Waals surface area contributed by atoms with Gasteiger partial charge in [0.25, 0.3) is 5.56 Å². The van der Waals surface area contributed by atoms with Gasteiger partial charge in [-0.2, -0.15) is 0 Å². The van der Waals surface area contributed by atoms with E-state index in [1.165, 1.54) is 0 Å². The average molecular weight is 592 g/mol. The number of alkyl halides is 1. The number of hydrogen-bond donors (Lipinski definition) is 1. The van der Waals surface area contributed by atoms with Crippen LogP contribution in [-0.4, -0.2) is 72.1 Å². The molecule has 0 aliphatic carbocycles. The molecule has 9 nitrogen and oxygen atoms in total. The van der Waals surface area contributed by atoms with Gasteiger partial charge in [-0.15, -0.1) is 0 Å². The third-order valence-corrected chi connectivity index (χ3v) is 7.35. The van der Waals surface area contributed by atoms with Crippen molar-refractivity contribution >= 4 is 40.7 Å². The molecule has 3 atom stereocenters. The van der Waals surface area contributed by atoms with Gasteiger partial charge in [-0.3, -0.25) is 9.59 Å². The summed E-state index contributed by atoms with van der Waals surface area (Å²) in [5.41, 5.74) is -1.87. The number of carbonyl (C=O) groups is 3. The van der Waals surface area contributed by atoms with Gasteiger partial charge in [-0.1, -0.05) is 84.4 Å². The number of fused-ring (bicyclic) bond motifs is 3. The second kappa shape index (κ2) is 12.0. The van der Waals surface area contributed by atoms with Crippen molar-refractivity contribution < 1.29 is 38.4 Å². The van der Waals surface area contributed by atoms with Crippen LogP contribution in [0.3, 0.4) is 0 Å². The number of hydrogen-bond acceptors (Lipinski definition) is 9. The maximum atomic E-state index is 13.4. The molecule has 10 heteroatoms. The van der Waals surface area contributed by atoms with Crippen molar-refractivity contribution in [3.8, 4) is 5.75 Å². The van der Waals surface area contributed by atoms with Gasteiger partial charge >= 0.3 is 23.7 Å². The van der Waals surface area contributed by atoms with Gasteiger partial charge < -0.3 is 29.0 Å². The van der Waals surface area contributed by atoms with E-state index in [0.717, 1.165) is 6.54 Å². The normalized spacial score (nSPS) is 24.5. The number of cyclic esters (lactones) is 1. The van der Waals surface area contributed by atoms with Crippen LogP contribution in [0.1, 0.15) is 29.5 Å². The lowest BCUT2D eigenvalue weighted by Gasteiger charge is -2.39. The van der Waals surface area contributed by atoms with Gasteiger partial charge in [0.15, 0.2) is 5.60 Å². The van der Waals surface area contributed by atoms with Crippen LogP contribution in [-0.2, 0) is 28.6 Å². The van der Waals surface area contributed by atoms with Crippen LogP contribution in [0.2, 0.25) is 0 Å². The van der Waals surface area contributed by atoms with E-state index < -0.39 is 47.7 Å². The summed E-state index contributed by atoms with van der Waals surface area (Å²) in [5, 5.41) is 11.0. The smallest absolute Gasteiger partial charge is 0.343 e. The number of nitrogens with zero attached hydrogens (tertiary/aromatic N) is 1. The maximum absolute atomic E-state index is 13.4. The Bertz CT molecular complexity index is 1490. The minimum absolute atomic E-state index is 0.149. The SMILES string of the molecule is CN(C)CCOc1ccc(/C(=C(\c2ccccc2)C23OC(=O)CC(O)(CC(=O)OC2Cl)C(=O)O3)c2ccccc2)cc1. The average Bonchev–Trinajstić information content (AvgIpc) is 3.03. The Morgan fingerprint density at radius 2 is 1.43 bits per heavy atom. The lowest BCUT2D eigenvalue weighted by Crippen LogP contribution is -2.54. The Balaban J connectivity index is 1.79. The van der Waals surface area contributed by atoms with E-state index in [2.05, 4.69) is 0 Å². The quantitative estimate of drug-likeness (QED) is 0.236. The molecule has 0 amide bonds. The number of rotatable bonds is 8. The fourth-order valence-corrected chi connectivity index (χ4v) is 5.23. The second-order valence-electron chi connectivity index (χ2n) is 10.4. The zero-order chi connectivity index (χ0) is 29.9. The topological polar surface area (TPSA) is 112 Å². The molecule has 2 aliphatic heterocycles. The van der Waals surface area contributed by atoms with E-state index in [4.69, 9.17) is 30.5 Å². The highest BCUT2D eigenvalue weighted by Gasteiger charge is 2.62. The van der Waals surface area contributed by atoms with Crippen molar-refractivity contribution in [2.45, 2.75) is 29.8 Å². The molecule has 3 aromatic carbocycles. The molecular weight excluding hydrogens is 562 g/mol. The molecule has 2 bridgehead atoms. The molecule has 5 rings (SSSR count).